The topological polar surface area (TPSA) is 102 Å². The first-order chi connectivity index (χ1) is 14.2. The van der Waals surface area contributed by atoms with Gasteiger partial charge in [-0.05, 0) is 48.0 Å². The number of benzene rings is 1. The normalized spacial score (nSPS) is 10.5. The molecule has 0 aliphatic rings. The number of hydrogen-bond donors (Lipinski definition) is 2. The smallest absolute Gasteiger partial charge is 0.291 e. The van der Waals surface area contributed by atoms with E-state index in [9.17, 15) is 9.59 Å². The van der Waals surface area contributed by atoms with Crippen LogP contribution in [0.15, 0.2) is 83.9 Å². The van der Waals surface area contributed by atoms with Crippen LogP contribution in [-0.4, -0.2) is 26.6 Å². The summed E-state index contributed by atoms with van der Waals surface area (Å²) >= 11 is 0. The van der Waals surface area contributed by atoms with E-state index < -0.39 is 0 Å². The van der Waals surface area contributed by atoms with Crippen molar-refractivity contribution in [2.24, 2.45) is 0 Å². The molecule has 0 aliphatic carbocycles. The van der Waals surface area contributed by atoms with E-state index in [1.807, 2.05) is 18.2 Å². The first-order valence-electron chi connectivity index (χ1n) is 8.87. The molecule has 8 nitrogen and oxygen atoms in total. The fraction of sp³-hybridized carbons (Fsp3) is 0.0476. The highest BCUT2D eigenvalue weighted by molar-refractivity contribution is 6.03. The Hall–Kier alpha value is -4.20. The van der Waals surface area contributed by atoms with Crippen molar-refractivity contribution in [1.82, 2.24) is 20.1 Å². The molecule has 0 fully saturated rings. The zero-order valence-corrected chi connectivity index (χ0v) is 15.3. The zero-order chi connectivity index (χ0) is 20.1. The Morgan fingerprint density at radius 1 is 1.03 bits per heavy atom. The zero-order valence-electron chi connectivity index (χ0n) is 15.3. The first kappa shape index (κ1) is 18.2. The van der Waals surface area contributed by atoms with Gasteiger partial charge in [-0.3, -0.25) is 9.59 Å². The van der Waals surface area contributed by atoms with Crippen LogP contribution >= 0.6 is 0 Å². The monoisotopic (exact) mass is 387 g/mol. The minimum atomic E-state index is -0.379. The molecule has 4 rings (SSSR count). The number of aromatic nitrogens is 3. The lowest BCUT2D eigenvalue weighted by molar-refractivity contribution is 0.0949. The predicted octanol–water partition coefficient (Wildman–Crippen LogP) is 3.04. The highest BCUT2D eigenvalue weighted by Crippen LogP contribution is 2.13. The second-order valence-electron chi connectivity index (χ2n) is 6.17. The van der Waals surface area contributed by atoms with Crippen molar-refractivity contribution in [1.29, 1.82) is 0 Å². The van der Waals surface area contributed by atoms with Gasteiger partial charge in [-0.25, -0.2) is 9.67 Å². The van der Waals surface area contributed by atoms with Crippen LogP contribution in [0.25, 0.3) is 5.82 Å². The van der Waals surface area contributed by atoms with Crippen molar-refractivity contribution in [3.8, 4) is 5.82 Å². The summed E-state index contributed by atoms with van der Waals surface area (Å²) in [4.78, 5) is 28.9. The van der Waals surface area contributed by atoms with E-state index in [1.165, 1.54) is 6.26 Å². The second-order valence-corrected chi connectivity index (χ2v) is 6.17. The molecule has 29 heavy (non-hydrogen) atoms. The summed E-state index contributed by atoms with van der Waals surface area (Å²) in [6, 6.07) is 15.4. The van der Waals surface area contributed by atoms with E-state index in [1.54, 1.807) is 59.7 Å². The number of carbonyl (C=O) groups excluding carboxylic acids is 2. The molecule has 0 spiro atoms. The number of carbonyl (C=O) groups is 2. The molecule has 3 aromatic heterocycles. The van der Waals surface area contributed by atoms with Crippen LogP contribution in [0.2, 0.25) is 0 Å². The van der Waals surface area contributed by atoms with E-state index in [4.69, 9.17) is 4.42 Å². The molecule has 2 amide bonds. The van der Waals surface area contributed by atoms with Gasteiger partial charge >= 0.3 is 0 Å². The molecule has 2 N–H and O–H groups in total. The molecule has 4 aromatic rings. The lowest BCUT2D eigenvalue weighted by Gasteiger charge is -2.08. The maximum atomic E-state index is 12.5. The van der Waals surface area contributed by atoms with Crippen molar-refractivity contribution in [3.63, 3.8) is 0 Å². The standard InChI is InChI=1S/C21H17N5O3/c27-20(23-14-15-7-8-19(22-13-15)26-10-3-9-24-26)16-4-1-5-17(12-16)25-21(28)18-6-2-11-29-18/h1-13H,14H2,(H,23,27)(H,25,28). The maximum absolute atomic E-state index is 12.5. The van der Waals surface area contributed by atoms with Crippen LogP contribution in [0.4, 0.5) is 5.69 Å². The highest BCUT2D eigenvalue weighted by atomic mass is 16.3. The Balaban J connectivity index is 1.36. The average Bonchev–Trinajstić information content (AvgIpc) is 3.47. The van der Waals surface area contributed by atoms with Gasteiger partial charge in [-0.2, -0.15) is 5.10 Å². The Labute approximate surface area is 166 Å². The van der Waals surface area contributed by atoms with Gasteiger partial charge in [0.1, 0.15) is 0 Å². The van der Waals surface area contributed by atoms with Crippen molar-refractivity contribution in [2.45, 2.75) is 6.54 Å². The number of rotatable bonds is 6. The van der Waals surface area contributed by atoms with Crippen LogP contribution < -0.4 is 10.6 Å². The number of pyridine rings is 1. The van der Waals surface area contributed by atoms with Gasteiger partial charge in [0.15, 0.2) is 11.6 Å². The van der Waals surface area contributed by atoms with Gasteiger partial charge in [0.05, 0.1) is 6.26 Å². The number of hydrogen-bond acceptors (Lipinski definition) is 5. The van der Waals surface area contributed by atoms with E-state index in [0.717, 1.165) is 5.56 Å². The maximum Gasteiger partial charge on any atom is 0.291 e. The number of nitrogens with zero attached hydrogens (tertiary/aromatic N) is 3. The van der Waals surface area contributed by atoms with Crippen molar-refractivity contribution in [2.75, 3.05) is 5.32 Å². The van der Waals surface area contributed by atoms with Gasteiger partial charge in [-0.1, -0.05) is 12.1 Å². The molecule has 0 radical (unpaired) electrons. The van der Waals surface area contributed by atoms with Gasteiger partial charge in [0.2, 0.25) is 0 Å². The Morgan fingerprint density at radius 3 is 2.69 bits per heavy atom. The summed E-state index contributed by atoms with van der Waals surface area (Å²) in [6.07, 6.45) is 6.61. The van der Waals surface area contributed by atoms with E-state index in [-0.39, 0.29) is 17.6 Å². The van der Waals surface area contributed by atoms with Gasteiger partial charge < -0.3 is 15.1 Å². The van der Waals surface area contributed by atoms with E-state index in [2.05, 4.69) is 20.7 Å². The van der Waals surface area contributed by atoms with Crippen LogP contribution in [0.3, 0.4) is 0 Å². The molecule has 0 bridgehead atoms. The molecular weight excluding hydrogens is 370 g/mol. The number of anilines is 1. The van der Waals surface area contributed by atoms with E-state index in [0.29, 0.717) is 23.6 Å². The summed E-state index contributed by atoms with van der Waals surface area (Å²) in [5, 5.41) is 9.67. The minimum Gasteiger partial charge on any atom is -0.459 e. The van der Waals surface area contributed by atoms with Gasteiger partial charge in [0.25, 0.3) is 11.8 Å². The van der Waals surface area contributed by atoms with Crippen LogP contribution in [0, 0.1) is 0 Å². The Morgan fingerprint density at radius 2 is 1.97 bits per heavy atom. The molecule has 144 valence electrons. The van der Waals surface area contributed by atoms with E-state index >= 15 is 0 Å². The molecule has 0 saturated heterocycles. The third-order valence-corrected chi connectivity index (χ3v) is 4.13. The summed E-state index contributed by atoms with van der Waals surface area (Å²) in [5.74, 6) is 0.266. The lowest BCUT2D eigenvalue weighted by Crippen LogP contribution is -2.23. The van der Waals surface area contributed by atoms with Crippen LogP contribution in [0.1, 0.15) is 26.5 Å². The Kier molecular flexibility index (Phi) is 5.15. The van der Waals surface area contributed by atoms with Crippen molar-refractivity contribution < 1.29 is 14.0 Å². The molecule has 3 heterocycles. The summed E-state index contributed by atoms with van der Waals surface area (Å²) in [5.41, 5.74) is 1.80. The first-order valence-corrected chi connectivity index (χ1v) is 8.87. The van der Waals surface area contributed by atoms with Crippen molar-refractivity contribution >= 4 is 17.5 Å². The van der Waals surface area contributed by atoms with Gasteiger partial charge in [0, 0.05) is 36.4 Å². The molecule has 0 unspecified atom stereocenters. The third-order valence-electron chi connectivity index (χ3n) is 4.13. The summed E-state index contributed by atoms with van der Waals surface area (Å²) < 4.78 is 6.72. The van der Waals surface area contributed by atoms with Gasteiger partial charge in [-0.15, -0.1) is 0 Å². The molecule has 8 heteroatoms. The second kappa shape index (κ2) is 8.22. The van der Waals surface area contributed by atoms with Crippen LogP contribution in [-0.2, 0) is 6.54 Å². The number of nitrogens with one attached hydrogen (secondary N) is 2. The number of amides is 2. The SMILES string of the molecule is O=C(NCc1ccc(-n2cccn2)nc1)c1cccc(NC(=O)c2ccco2)c1. The predicted molar refractivity (Wildman–Crippen MR) is 106 cm³/mol. The Bertz CT molecular complexity index is 1100. The summed E-state index contributed by atoms with van der Waals surface area (Å²) in [7, 11) is 0. The molecule has 0 atom stereocenters. The van der Waals surface area contributed by atoms with Crippen LogP contribution in [0.5, 0.6) is 0 Å². The highest BCUT2D eigenvalue weighted by Gasteiger charge is 2.11. The fourth-order valence-electron chi connectivity index (χ4n) is 2.68. The minimum absolute atomic E-state index is 0.200. The molecule has 1 aromatic carbocycles. The third kappa shape index (κ3) is 4.38. The quantitative estimate of drug-likeness (QED) is 0.529. The average molecular weight is 387 g/mol. The molecular formula is C21H17N5O3. The molecule has 0 aliphatic heterocycles. The number of furan rings is 1. The largest absolute Gasteiger partial charge is 0.459 e. The molecule has 0 saturated carbocycles. The fourth-order valence-corrected chi connectivity index (χ4v) is 2.68. The summed E-state index contributed by atoms with van der Waals surface area (Å²) in [6.45, 7) is 0.328. The van der Waals surface area contributed by atoms with Crippen molar-refractivity contribution in [3.05, 3.63) is 96.3 Å². The lowest BCUT2D eigenvalue weighted by atomic mass is 10.1.